The van der Waals surface area contributed by atoms with Gasteiger partial charge in [-0.05, 0) is 46.9 Å². The van der Waals surface area contributed by atoms with Crippen molar-refractivity contribution in [3.8, 4) is 12.3 Å². The van der Waals surface area contributed by atoms with Crippen LogP contribution in [0, 0.1) is 15.9 Å². The van der Waals surface area contributed by atoms with Gasteiger partial charge in [0.2, 0.25) is 0 Å². The van der Waals surface area contributed by atoms with Crippen LogP contribution >= 0.6 is 22.6 Å². The summed E-state index contributed by atoms with van der Waals surface area (Å²) in [4.78, 5) is 0. The topological polar surface area (TPSA) is 12.0 Å². The van der Waals surface area contributed by atoms with Gasteiger partial charge in [0.25, 0.3) is 0 Å². The van der Waals surface area contributed by atoms with Crippen molar-refractivity contribution < 1.29 is 0 Å². The van der Waals surface area contributed by atoms with Gasteiger partial charge >= 0.3 is 0 Å². The molecular formula is C9H8IN. The summed E-state index contributed by atoms with van der Waals surface area (Å²) in [5.41, 5.74) is 1.07. The molecule has 0 fully saturated rings. The number of anilines is 1. The third kappa shape index (κ3) is 2.81. The third-order valence-corrected chi connectivity index (χ3v) is 1.96. The van der Waals surface area contributed by atoms with E-state index in [4.69, 9.17) is 6.42 Å². The maximum absolute atomic E-state index is 5.09. The predicted molar refractivity (Wildman–Crippen MR) is 56.5 cm³/mol. The number of halogens is 1. The van der Waals surface area contributed by atoms with Crippen LogP contribution in [0.4, 0.5) is 5.69 Å². The minimum Gasteiger partial charge on any atom is -0.374 e. The molecular weight excluding hydrogens is 249 g/mol. The van der Waals surface area contributed by atoms with E-state index in [-0.39, 0.29) is 0 Å². The van der Waals surface area contributed by atoms with Crippen LogP contribution in [0.15, 0.2) is 24.3 Å². The van der Waals surface area contributed by atoms with Gasteiger partial charge in [0.15, 0.2) is 0 Å². The van der Waals surface area contributed by atoms with E-state index in [0.29, 0.717) is 6.54 Å². The van der Waals surface area contributed by atoms with Crippen LogP contribution in [0.5, 0.6) is 0 Å². The molecule has 1 N–H and O–H groups in total. The van der Waals surface area contributed by atoms with Gasteiger partial charge in [-0.25, -0.2) is 0 Å². The SMILES string of the molecule is C#CCNc1ccc(I)cc1. The summed E-state index contributed by atoms with van der Waals surface area (Å²) >= 11 is 2.27. The molecule has 1 nitrogen and oxygen atoms in total. The minimum absolute atomic E-state index is 0.584. The lowest BCUT2D eigenvalue weighted by Gasteiger charge is -2.00. The highest BCUT2D eigenvalue weighted by Crippen LogP contribution is 2.10. The van der Waals surface area contributed by atoms with Crippen molar-refractivity contribution >= 4 is 28.3 Å². The minimum atomic E-state index is 0.584. The van der Waals surface area contributed by atoms with Crippen molar-refractivity contribution in [2.75, 3.05) is 11.9 Å². The van der Waals surface area contributed by atoms with E-state index >= 15 is 0 Å². The highest BCUT2D eigenvalue weighted by atomic mass is 127. The molecule has 0 aliphatic carbocycles. The molecule has 1 aromatic carbocycles. The first kappa shape index (κ1) is 8.41. The Balaban J connectivity index is 2.60. The summed E-state index contributed by atoms with van der Waals surface area (Å²) in [5.74, 6) is 2.52. The van der Waals surface area contributed by atoms with Crippen molar-refractivity contribution in [1.82, 2.24) is 0 Å². The highest BCUT2D eigenvalue weighted by molar-refractivity contribution is 14.1. The first-order valence-electron chi connectivity index (χ1n) is 3.26. The van der Waals surface area contributed by atoms with E-state index in [1.165, 1.54) is 3.57 Å². The molecule has 11 heavy (non-hydrogen) atoms. The van der Waals surface area contributed by atoms with Crippen LogP contribution in [0.2, 0.25) is 0 Å². The Labute approximate surface area is 80.3 Å². The van der Waals surface area contributed by atoms with Gasteiger partial charge < -0.3 is 5.32 Å². The van der Waals surface area contributed by atoms with Gasteiger partial charge in [-0.3, -0.25) is 0 Å². The van der Waals surface area contributed by atoms with Crippen molar-refractivity contribution in [2.24, 2.45) is 0 Å². The lowest BCUT2D eigenvalue weighted by molar-refractivity contribution is 1.38. The van der Waals surface area contributed by atoms with Crippen LogP contribution in [-0.4, -0.2) is 6.54 Å². The molecule has 56 valence electrons. The fourth-order valence-corrected chi connectivity index (χ4v) is 1.08. The smallest absolute Gasteiger partial charge is 0.0763 e. The van der Waals surface area contributed by atoms with Crippen LogP contribution in [0.3, 0.4) is 0 Å². The predicted octanol–water partition coefficient (Wildman–Crippen LogP) is 2.34. The molecule has 0 aromatic heterocycles. The summed E-state index contributed by atoms with van der Waals surface area (Å²) in [7, 11) is 0. The van der Waals surface area contributed by atoms with Crippen molar-refractivity contribution in [3.63, 3.8) is 0 Å². The zero-order valence-electron chi connectivity index (χ0n) is 5.97. The van der Waals surface area contributed by atoms with E-state index in [1.54, 1.807) is 0 Å². The molecule has 0 aliphatic heterocycles. The summed E-state index contributed by atoms with van der Waals surface area (Å²) in [6.07, 6.45) is 5.09. The van der Waals surface area contributed by atoms with Crippen molar-refractivity contribution in [1.29, 1.82) is 0 Å². The van der Waals surface area contributed by atoms with Crippen molar-refractivity contribution in [2.45, 2.75) is 0 Å². The van der Waals surface area contributed by atoms with Gasteiger partial charge in [0.1, 0.15) is 0 Å². The molecule has 0 radical (unpaired) electrons. The quantitative estimate of drug-likeness (QED) is 0.633. The summed E-state index contributed by atoms with van der Waals surface area (Å²) in [6, 6.07) is 8.11. The van der Waals surface area contributed by atoms with Crippen LogP contribution in [0.25, 0.3) is 0 Å². The lowest BCUT2D eigenvalue weighted by atomic mass is 10.3. The van der Waals surface area contributed by atoms with Crippen LogP contribution < -0.4 is 5.32 Å². The second-order valence-electron chi connectivity index (χ2n) is 2.06. The largest absolute Gasteiger partial charge is 0.374 e. The first-order valence-corrected chi connectivity index (χ1v) is 4.33. The zero-order chi connectivity index (χ0) is 8.10. The number of nitrogens with one attached hydrogen (secondary N) is 1. The monoisotopic (exact) mass is 257 g/mol. The van der Waals surface area contributed by atoms with Gasteiger partial charge in [0.05, 0.1) is 6.54 Å². The number of benzene rings is 1. The van der Waals surface area contributed by atoms with Gasteiger partial charge in [-0.2, -0.15) is 0 Å². The second-order valence-corrected chi connectivity index (χ2v) is 3.31. The maximum Gasteiger partial charge on any atom is 0.0763 e. The molecule has 0 saturated carbocycles. The second kappa shape index (κ2) is 4.24. The maximum atomic E-state index is 5.09. The summed E-state index contributed by atoms with van der Waals surface area (Å²) < 4.78 is 1.23. The Morgan fingerprint density at radius 2 is 2.00 bits per heavy atom. The summed E-state index contributed by atoms with van der Waals surface area (Å²) in [6.45, 7) is 0.584. The van der Waals surface area contributed by atoms with Crippen LogP contribution in [-0.2, 0) is 0 Å². The lowest BCUT2D eigenvalue weighted by Crippen LogP contribution is -1.97. The van der Waals surface area contributed by atoms with Gasteiger partial charge in [-0.1, -0.05) is 5.92 Å². The van der Waals surface area contributed by atoms with E-state index in [0.717, 1.165) is 5.69 Å². The van der Waals surface area contributed by atoms with E-state index in [9.17, 15) is 0 Å². The number of terminal acetylenes is 1. The normalized spacial score (nSPS) is 8.73. The van der Waals surface area contributed by atoms with Crippen molar-refractivity contribution in [3.05, 3.63) is 27.8 Å². The van der Waals surface area contributed by atoms with Gasteiger partial charge in [-0.15, -0.1) is 6.42 Å². The summed E-state index contributed by atoms with van der Waals surface area (Å²) in [5, 5.41) is 3.08. The Kier molecular flexibility index (Phi) is 3.24. The molecule has 0 heterocycles. The molecule has 0 spiro atoms. The standard InChI is InChI=1S/C9H8IN/c1-2-7-11-9-5-3-8(10)4-6-9/h1,3-6,11H,7H2. The fourth-order valence-electron chi connectivity index (χ4n) is 0.721. The molecule has 0 aliphatic rings. The molecule has 1 rings (SSSR count). The highest BCUT2D eigenvalue weighted by Gasteiger charge is 1.87. The van der Waals surface area contributed by atoms with Crippen LogP contribution in [0.1, 0.15) is 0 Å². The number of rotatable bonds is 2. The Bertz CT molecular complexity index is 258. The van der Waals surface area contributed by atoms with E-state index in [2.05, 4.69) is 33.8 Å². The first-order chi connectivity index (χ1) is 5.33. The molecule has 0 saturated heterocycles. The number of hydrogen-bond donors (Lipinski definition) is 1. The average Bonchev–Trinajstić information content (AvgIpc) is 2.04. The van der Waals surface area contributed by atoms with E-state index < -0.39 is 0 Å². The molecule has 2 heteroatoms. The third-order valence-electron chi connectivity index (χ3n) is 1.24. The average molecular weight is 257 g/mol. The molecule has 0 atom stereocenters. The van der Waals surface area contributed by atoms with E-state index in [1.807, 2.05) is 24.3 Å². The Morgan fingerprint density at radius 1 is 1.36 bits per heavy atom. The molecule has 1 aromatic rings. The zero-order valence-corrected chi connectivity index (χ0v) is 8.13. The fraction of sp³-hybridized carbons (Fsp3) is 0.111. The molecule has 0 unspecified atom stereocenters. The van der Waals surface area contributed by atoms with Gasteiger partial charge in [0, 0.05) is 9.26 Å². The molecule has 0 amide bonds. The molecule has 0 bridgehead atoms. The Morgan fingerprint density at radius 3 is 2.55 bits per heavy atom. The number of hydrogen-bond acceptors (Lipinski definition) is 1. The Hall–Kier alpha value is -0.690.